The number of hydrogen-bond acceptors (Lipinski definition) is 4. The lowest BCUT2D eigenvalue weighted by Crippen LogP contribution is -2.11. The van der Waals surface area contributed by atoms with Gasteiger partial charge >= 0.3 is 0 Å². The molecule has 12 heavy (non-hydrogen) atoms. The molecule has 1 heterocycles. The molecule has 62 valence electrons. The molecule has 0 saturated heterocycles. The molecule has 0 radical (unpaired) electrons. The number of nitrogen functional groups attached to an aromatic ring is 1. The molecule has 0 aliphatic rings. The van der Waals surface area contributed by atoms with Crippen LogP contribution in [0.25, 0.3) is 0 Å². The van der Waals surface area contributed by atoms with Crippen molar-refractivity contribution in [2.24, 2.45) is 5.73 Å². The van der Waals surface area contributed by atoms with Gasteiger partial charge in [-0.2, -0.15) is 5.26 Å². The molecule has 1 aromatic heterocycles. The number of aromatic nitrogens is 1. The van der Waals surface area contributed by atoms with Gasteiger partial charge in [0.15, 0.2) is 0 Å². The fraction of sp³-hybridized carbons (Fsp3) is 0.250. The third-order valence-corrected chi connectivity index (χ3v) is 1.48. The maximum Gasteiger partial charge on any atom is 0.123 e. The van der Waals surface area contributed by atoms with E-state index in [0.29, 0.717) is 11.5 Å². The van der Waals surface area contributed by atoms with Gasteiger partial charge in [-0.05, 0) is 12.1 Å². The Bertz CT molecular complexity index is 302. The van der Waals surface area contributed by atoms with Gasteiger partial charge in [0.2, 0.25) is 0 Å². The first-order valence-electron chi connectivity index (χ1n) is 3.59. The summed E-state index contributed by atoms with van der Waals surface area (Å²) in [6, 6.07) is 6.86. The van der Waals surface area contributed by atoms with Crippen LogP contribution in [0.15, 0.2) is 18.2 Å². The van der Waals surface area contributed by atoms with Crippen molar-refractivity contribution in [3.63, 3.8) is 0 Å². The Labute approximate surface area is 70.8 Å². The fourth-order valence-corrected chi connectivity index (χ4v) is 0.878. The lowest BCUT2D eigenvalue weighted by atomic mass is 10.1. The van der Waals surface area contributed by atoms with Crippen molar-refractivity contribution in [2.75, 3.05) is 5.73 Å². The highest BCUT2D eigenvalue weighted by Crippen LogP contribution is 2.11. The average molecular weight is 162 g/mol. The second-order valence-electron chi connectivity index (χ2n) is 2.46. The third kappa shape index (κ3) is 1.94. The molecule has 4 heteroatoms. The first-order chi connectivity index (χ1) is 5.74. The molecule has 0 amide bonds. The van der Waals surface area contributed by atoms with Crippen LogP contribution in [0.2, 0.25) is 0 Å². The second kappa shape index (κ2) is 3.69. The highest BCUT2D eigenvalue weighted by Gasteiger charge is 2.05. The molecule has 1 aromatic rings. The third-order valence-electron chi connectivity index (χ3n) is 1.48. The van der Waals surface area contributed by atoms with E-state index in [1.807, 2.05) is 6.07 Å². The molecule has 0 bridgehead atoms. The molecule has 4 N–H and O–H groups in total. The van der Waals surface area contributed by atoms with Gasteiger partial charge in [0.05, 0.1) is 24.2 Å². The van der Waals surface area contributed by atoms with Gasteiger partial charge in [0.1, 0.15) is 5.82 Å². The minimum absolute atomic E-state index is 0.260. The van der Waals surface area contributed by atoms with Crippen molar-refractivity contribution in [3.8, 4) is 6.07 Å². The van der Waals surface area contributed by atoms with Crippen molar-refractivity contribution >= 4 is 5.82 Å². The maximum absolute atomic E-state index is 8.38. The van der Waals surface area contributed by atoms with Gasteiger partial charge in [0, 0.05) is 0 Å². The average Bonchev–Trinajstić information content (AvgIpc) is 2.05. The van der Waals surface area contributed by atoms with Gasteiger partial charge in [-0.1, -0.05) is 6.07 Å². The standard InChI is InChI=1S/C8H10N4/c9-5-4-6(10)7-2-1-3-8(11)12-7/h1-3,6H,4,10H2,(H2,11,12). The molecule has 4 nitrogen and oxygen atoms in total. The van der Waals surface area contributed by atoms with E-state index < -0.39 is 0 Å². The van der Waals surface area contributed by atoms with E-state index in [0.717, 1.165) is 0 Å². The Morgan fingerprint density at radius 1 is 1.58 bits per heavy atom. The zero-order chi connectivity index (χ0) is 8.97. The minimum Gasteiger partial charge on any atom is -0.384 e. The SMILES string of the molecule is N#CCC(N)c1cccc(N)n1. The van der Waals surface area contributed by atoms with Crippen molar-refractivity contribution in [2.45, 2.75) is 12.5 Å². The zero-order valence-electron chi connectivity index (χ0n) is 6.57. The Balaban J connectivity index is 2.82. The topological polar surface area (TPSA) is 88.7 Å². The first kappa shape index (κ1) is 8.50. The summed E-state index contributed by atoms with van der Waals surface area (Å²) in [6.07, 6.45) is 0.260. The van der Waals surface area contributed by atoms with E-state index >= 15 is 0 Å². The zero-order valence-corrected chi connectivity index (χ0v) is 6.57. The molecule has 1 unspecified atom stereocenters. The van der Waals surface area contributed by atoms with Gasteiger partial charge in [-0.15, -0.1) is 0 Å². The molecule has 0 aliphatic heterocycles. The summed E-state index contributed by atoms with van der Waals surface area (Å²) < 4.78 is 0. The summed E-state index contributed by atoms with van der Waals surface area (Å²) >= 11 is 0. The molecule has 0 fully saturated rings. The van der Waals surface area contributed by atoms with Crippen LogP contribution in [-0.2, 0) is 0 Å². The van der Waals surface area contributed by atoms with Crippen molar-refractivity contribution < 1.29 is 0 Å². The number of nitriles is 1. The number of anilines is 1. The first-order valence-corrected chi connectivity index (χ1v) is 3.59. The minimum atomic E-state index is -0.335. The summed E-state index contributed by atoms with van der Waals surface area (Å²) in [5.41, 5.74) is 11.7. The molecular formula is C8H10N4. The van der Waals surface area contributed by atoms with E-state index in [2.05, 4.69) is 4.98 Å². The molecule has 0 aliphatic carbocycles. The Kier molecular flexibility index (Phi) is 2.62. The Hall–Kier alpha value is -1.60. The van der Waals surface area contributed by atoms with Gasteiger partial charge < -0.3 is 11.5 Å². The van der Waals surface area contributed by atoms with E-state index in [4.69, 9.17) is 16.7 Å². The molecule has 0 aromatic carbocycles. The van der Waals surface area contributed by atoms with Crippen LogP contribution in [0.3, 0.4) is 0 Å². The quantitative estimate of drug-likeness (QED) is 0.665. The smallest absolute Gasteiger partial charge is 0.123 e. The number of pyridine rings is 1. The van der Waals surface area contributed by atoms with E-state index in [9.17, 15) is 0 Å². The van der Waals surface area contributed by atoms with E-state index in [-0.39, 0.29) is 12.5 Å². The monoisotopic (exact) mass is 162 g/mol. The van der Waals surface area contributed by atoms with Crippen LogP contribution in [0, 0.1) is 11.3 Å². The van der Waals surface area contributed by atoms with Crippen LogP contribution in [0.4, 0.5) is 5.82 Å². The summed E-state index contributed by atoms with van der Waals surface area (Å²) in [5.74, 6) is 0.431. The van der Waals surface area contributed by atoms with Gasteiger partial charge in [-0.3, -0.25) is 0 Å². The number of nitrogens with two attached hydrogens (primary N) is 2. The number of nitrogens with zero attached hydrogens (tertiary/aromatic N) is 2. The molecular weight excluding hydrogens is 152 g/mol. The molecule has 0 saturated carbocycles. The highest BCUT2D eigenvalue weighted by atomic mass is 14.9. The lowest BCUT2D eigenvalue weighted by Gasteiger charge is -2.06. The normalized spacial score (nSPS) is 12.0. The van der Waals surface area contributed by atoms with Crippen LogP contribution >= 0.6 is 0 Å². The predicted octanol–water partition coefficient (Wildman–Crippen LogP) is 0.577. The molecule has 1 atom stereocenters. The Morgan fingerprint density at radius 2 is 2.33 bits per heavy atom. The van der Waals surface area contributed by atoms with Crippen molar-refractivity contribution in [3.05, 3.63) is 23.9 Å². The summed E-state index contributed by atoms with van der Waals surface area (Å²) in [4.78, 5) is 3.99. The Morgan fingerprint density at radius 3 is 2.92 bits per heavy atom. The summed E-state index contributed by atoms with van der Waals surface area (Å²) in [6.45, 7) is 0. The number of hydrogen-bond donors (Lipinski definition) is 2. The lowest BCUT2D eigenvalue weighted by molar-refractivity contribution is 0.721. The van der Waals surface area contributed by atoms with E-state index in [1.54, 1.807) is 18.2 Å². The number of rotatable bonds is 2. The van der Waals surface area contributed by atoms with E-state index in [1.165, 1.54) is 0 Å². The van der Waals surface area contributed by atoms with Crippen LogP contribution in [0.1, 0.15) is 18.2 Å². The predicted molar refractivity (Wildman–Crippen MR) is 45.8 cm³/mol. The van der Waals surface area contributed by atoms with Crippen LogP contribution in [-0.4, -0.2) is 4.98 Å². The summed E-state index contributed by atoms with van der Waals surface area (Å²) in [7, 11) is 0. The molecule has 1 rings (SSSR count). The molecule has 0 spiro atoms. The summed E-state index contributed by atoms with van der Waals surface area (Å²) in [5, 5.41) is 8.38. The van der Waals surface area contributed by atoms with Crippen LogP contribution in [0.5, 0.6) is 0 Å². The largest absolute Gasteiger partial charge is 0.384 e. The highest BCUT2D eigenvalue weighted by molar-refractivity contribution is 5.29. The van der Waals surface area contributed by atoms with Crippen molar-refractivity contribution in [1.29, 1.82) is 5.26 Å². The van der Waals surface area contributed by atoms with Crippen molar-refractivity contribution in [1.82, 2.24) is 4.98 Å². The fourth-order valence-electron chi connectivity index (χ4n) is 0.878. The van der Waals surface area contributed by atoms with Gasteiger partial charge in [-0.25, -0.2) is 4.98 Å². The van der Waals surface area contributed by atoms with Crippen LogP contribution < -0.4 is 11.5 Å². The second-order valence-corrected chi connectivity index (χ2v) is 2.46. The maximum atomic E-state index is 8.38. The van der Waals surface area contributed by atoms with Gasteiger partial charge in [0.25, 0.3) is 0 Å².